The molecule has 0 spiro atoms. The number of likely N-dealkylation sites (N-methyl/N-ethyl adjacent to an activating group) is 1. The van der Waals surface area contributed by atoms with Gasteiger partial charge >= 0.3 is 0 Å². The van der Waals surface area contributed by atoms with Crippen LogP contribution in [0.4, 0.5) is 11.6 Å². The van der Waals surface area contributed by atoms with Crippen LogP contribution in [0.5, 0.6) is 0 Å². The fraction of sp³-hybridized carbons (Fsp3) is 0.538. The fourth-order valence-corrected chi connectivity index (χ4v) is 2.77. The third-order valence-electron chi connectivity index (χ3n) is 3.93. The molecule has 1 aliphatic heterocycles. The van der Waals surface area contributed by atoms with Gasteiger partial charge in [0.1, 0.15) is 0 Å². The van der Waals surface area contributed by atoms with Crippen LogP contribution >= 0.6 is 0 Å². The van der Waals surface area contributed by atoms with Gasteiger partial charge in [0.2, 0.25) is 0 Å². The lowest BCUT2D eigenvalue weighted by Gasteiger charge is -2.36. The summed E-state index contributed by atoms with van der Waals surface area (Å²) in [4.78, 5) is 13.6. The molecule has 0 amide bonds. The third-order valence-corrected chi connectivity index (χ3v) is 3.93. The number of fused-ring (bicyclic) bond motifs is 1. The van der Waals surface area contributed by atoms with Gasteiger partial charge in [-0.05, 0) is 26.9 Å². The number of hydrazine groups is 1. The Hall–Kier alpha value is -1.86. The Bertz CT molecular complexity index is 591. The summed E-state index contributed by atoms with van der Waals surface area (Å²) in [7, 11) is 4.26. The molecule has 108 valence electrons. The lowest BCUT2D eigenvalue weighted by molar-refractivity contribution is 0.257. The van der Waals surface area contributed by atoms with E-state index >= 15 is 0 Å². The molecular formula is C13H21N7. The third kappa shape index (κ3) is 2.30. The Morgan fingerprint density at radius 3 is 3.05 bits per heavy atom. The molecule has 0 aliphatic carbocycles. The van der Waals surface area contributed by atoms with E-state index in [1.807, 2.05) is 16.8 Å². The maximum absolute atomic E-state index is 5.51. The fourth-order valence-electron chi connectivity index (χ4n) is 2.77. The second kappa shape index (κ2) is 5.26. The molecule has 1 fully saturated rings. The van der Waals surface area contributed by atoms with E-state index in [1.165, 1.54) is 6.42 Å². The summed E-state index contributed by atoms with van der Waals surface area (Å²) in [5.74, 6) is 7.06. The van der Waals surface area contributed by atoms with Crippen LogP contribution in [-0.2, 0) is 0 Å². The van der Waals surface area contributed by atoms with Crippen LogP contribution in [0.25, 0.3) is 5.65 Å². The summed E-state index contributed by atoms with van der Waals surface area (Å²) in [6, 6.07) is 0.551. The molecule has 3 heterocycles. The zero-order valence-corrected chi connectivity index (χ0v) is 12.0. The number of aromatic nitrogens is 3. The number of nitrogens with zero attached hydrogens (tertiary/aromatic N) is 5. The minimum atomic E-state index is 0.551. The Balaban J connectivity index is 1.98. The Labute approximate surface area is 118 Å². The summed E-state index contributed by atoms with van der Waals surface area (Å²) in [6.45, 7) is 1.98. The van der Waals surface area contributed by atoms with Crippen molar-refractivity contribution in [2.24, 2.45) is 5.84 Å². The first-order valence-corrected chi connectivity index (χ1v) is 6.90. The maximum Gasteiger partial charge on any atom is 0.180 e. The molecule has 0 bridgehead atoms. The van der Waals surface area contributed by atoms with Gasteiger partial charge in [-0.3, -0.25) is 0 Å². The van der Waals surface area contributed by atoms with E-state index in [0.29, 0.717) is 11.9 Å². The monoisotopic (exact) mass is 275 g/mol. The zero-order chi connectivity index (χ0) is 14.1. The van der Waals surface area contributed by atoms with Gasteiger partial charge in [-0.15, -0.1) is 0 Å². The highest BCUT2D eigenvalue weighted by atomic mass is 15.3. The van der Waals surface area contributed by atoms with E-state index in [0.717, 1.165) is 31.0 Å². The summed E-state index contributed by atoms with van der Waals surface area (Å²) < 4.78 is 1.96. The molecule has 2 aromatic heterocycles. The molecule has 7 nitrogen and oxygen atoms in total. The quantitative estimate of drug-likeness (QED) is 0.629. The average Bonchev–Trinajstić information content (AvgIpc) is 2.94. The van der Waals surface area contributed by atoms with Crippen molar-refractivity contribution in [3.05, 3.63) is 18.6 Å². The van der Waals surface area contributed by atoms with Crippen LogP contribution < -0.4 is 16.2 Å². The maximum atomic E-state index is 5.51. The molecule has 1 atom stereocenters. The minimum absolute atomic E-state index is 0.551. The van der Waals surface area contributed by atoms with Crippen LogP contribution in [0.15, 0.2) is 18.6 Å². The Kier molecular flexibility index (Phi) is 3.45. The SMILES string of the molecule is CN(C)C1CCCN(c2nc(NN)cn3ccnc23)C1. The lowest BCUT2D eigenvalue weighted by atomic mass is 10.1. The number of hydrogen-bond acceptors (Lipinski definition) is 6. The molecule has 3 rings (SSSR count). The molecule has 2 aromatic rings. The van der Waals surface area contributed by atoms with E-state index in [-0.39, 0.29) is 0 Å². The molecule has 1 saturated heterocycles. The summed E-state index contributed by atoms with van der Waals surface area (Å²) >= 11 is 0. The highest BCUT2D eigenvalue weighted by Crippen LogP contribution is 2.24. The summed E-state index contributed by atoms with van der Waals surface area (Å²) in [5.41, 5.74) is 3.50. The number of nitrogens with two attached hydrogens (primary N) is 1. The zero-order valence-electron chi connectivity index (χ0n) is 12.0. The Morgan fingerprint density at radius 2 is 2.30 bits per heavy atom. The second-order valence-electron chi connectivity index (χ2n) is 5.46. The van der Waals surface area contributed by atoms with Crippen LogP contribution in [-0.4, -0.2) is 52.5 Å². The van der Waals surface area contributed by atoms with Gasteiger partial charge in [0.15, 0.2) is 17.3 Å². The van der Waals surface area contributed by atoms with E-state index in [2.05, 4.69) is 39.3 Å². The number of nitrogens with one attached hydrogen (secondary N) is 1. The molecular weight excluding hydrogens is 254 g/mol. The summed E-state index contributed by atoms with van der Waals surface area (Å²) in [5, 5.41) is 0. The number of piperidine rings is 1. The van der Waals surface area contributed by atoms with Crippen molar-refractivity contribution in [3.63, 3.8) is 0 Å². The first kappa shape index (κ1) is 13.1. The van der Waals surface area contributed by atoms with Crippen molar-refractivity contribution in [1.82, 2.24) is 19.3 Å². The predicted octanol–water partition coefficient (Wildman–Crippen LogP) is 0.545. The van der Waals surface area contributed by atoms with Gasteiger partial charge in [-0.2, -0.15) is 0 Å². The van der Waals surface area contributed by atoms with Crippen molar-refractivity contribution in [3.8, 4) is 0 Å². The lowest BCUT2D eigenvalue weighted by Crippen LogP contribution is -2.45. The van der Waals surface area contributed by atoms with Crippen LogP contribution in [0.1, 0.15) is 12.8 Å². The van der Waals surface area contributed by atoms with Gasteiger partial charge in [-0.25, -0.2) is 15.8 Å². The smallest absolute Gasteiger partial charge is 0.180 e. The number of imidazole rings is 1. The summed E-state index contributed by atoms with van der Waals surface area (Å²) in [6.07, 6.45) is 7.93. The van der Waals surface area contributed by atoms with Crippen molar-refractivity contribution in [2.45, 2.75) is 18.9 Å². The number of anilines is 2. The van der Waals surface area contributed by atoms with Crippen LogP contribution in [0.2, 0.25) is 0 Å². The van der Waals surface area contributed by atoms with Gasteiger partial charge in [0.05, 0.1) is 6.20 Å². The van der Waals surface area contributed by atoms with Crippen molar-refractivity contribution < 1.29 is 0 Å². The topological polar surface area (TPSA) is 74.7 Å². The molecule has 0 aromatic carbocycles. The van der Waals surface area contributed by atoms with E-state index in [1.54, 1.807) is 6.20 Å². The highest BCUT2D eigenvalue weighted by molar-refractivity contribution is 5.67. The molecule has 3 N–H and O–H groups in total. The molecule has 7 heteroatoms. The van der Waals surface area contributed by atoms with Gasteiger partial charge in [0, 0.05) is 31.5 Å². The Morgan fingerprint density at radius 1 is 1.45 bits per heavy atom. The van der Waals surface area contributed by atoms with E-state index in [9.17, 15) is 0 Å². The van der Waals surface area contributed by atoms with Crippen molar-refractivity contribution >= 4 is 17.3 Å². The molecule has 20 heavy (non-hydrogen) atoms. The molecule has 0 saturated carbocycles. The predicted molar refractivity (Wildman–Crippen MR) is 79.7 cm³/mol. The molecule has 1 unspecified atom stereocenters. The van der Waals surface area contributed by atoms with Gasteiger partial charge < -0.3 is 19.6 Å². The van der Waals surface area contributed by atoms with Crippen molar-refractivity contribution in [2.75, 3.05) is 37.5 Å². The van der Waals surface area contributed by atoms with E-state index in [4.69, 9.17) is 5.84 Å². The number of hydrogen-bond donors (Lipinski definition) is 2. The second-order valence-corrected chi connectivity index (χ2v) is 5.46. The first-order valence-electron chi connectivity index (χ1n) is 6.90. The standard InChI is InChI=1S/C13H21N7/c1-18(2)10-4-3-6-19(8-10)13-12-15-5-7-20(12)9-11(16-13)17-14/h5,7,9-10,17H,3-4,6,8,14H2,1-2H3. The minimum Gasteiger partial charge on any atom is -0.352 e. The van der Waals surface area contributed by atoms with Gasteiger partial charge in [-0.1, -0.05) is 0 Å². The van der Waals surface area contributed by atoms with Crippen LogP contribution in [0.3, 0.4) is 0 Å². The number of rotatable bonds is 3. The first-order chi connectivity index (χ1) is 9.69. The van der Waals surface area contributed by atoms with E-state index < -0.39 is 0 Å². The van der Waals surface area contributed by atoms with Gasteiger partial charge in [0.25, 0.3) is 0 Å². The van der Waals surface area contributed by atoms with Crippen LogP contribution in [0, 0.1) is 0 Å². The number of nitrogen functional groups attached to an aromatic ring is 1. The largest absolute Gasteiger partial charge is 0.352 e. The normalized spacial score (nSPS) is 19.8. The highest BCUT2D eigenvalue weighted by Gasteiger charge is 2.24. The average molecular weight is 275 g/mol. The van der Waals surface area contributed by atoms with Crippen molar-refractivity contribution in [1.29, 1.82) is 0 Å². The molecule has 1 aliphatic rings. The molecule has 0 radical (unpaired) electrons.